The van der Waals surface area contributed by atoms with Crippen LogP contribution in [0.25, 0.3) is 0 Å². The van der Waals surface area contributed by atoms with Crippen LogP contribution in [0.4, 0.5) is 4.79 Å². The van der Waals surface area contributed by atoms with Gasteiger partial charge in [-0.05, 0) is 75.1 Å². The van der Waals surface area contributed by atoms with Crippen molar-refractivity contribution >= 4 is 41.5 Å². The first-order valence-electron chi connectivity index (χ1n) is 18.1. The van der Waals surface area contributed by atoms with Gasteiger partial charge in [-0.2, -0.15) is 0 Å². The average molecular weight is 777 g/mol. The highest BCUT2D eigenvalue weighted by Gasteiger charge is 2.33. The number of carboxylic acid groups (broad SMARTS) is 1. The van der Waals surface area contributed by atoms with E-state index in [0.717, 1.165) is 0 Å². The summed E-state index contributed by atoms with van der Waals surface area (Å²) in [5.41, 5.74) is 17.1. The fourth-order valence-electron chi connectivity index (χ4n) is 5.56. The van der Waals surface area contributed by atoms with Gasteiger partial charge in [0.05, 0.1) is 6.04 Å². The molecule has 55 heavy (non-hydrogen) atoms. The van der Waals surface area contributed by atoms with Crippen LogP contribution in [0, 0.1) is 5.92 Å². The van der Waals surface area contributed by atoms with Gasteiger partial charge in [-0.1, -0.05) is 38.1 Å². The molecule has 1 unspecified atom stereocenters. The van der Waals surface area contributed by atoms with Crippen molar-refractivity contribution in [3.8, 4) is 5.75 Å². The molecule has 0 radical (unpaired) electrons. The quantitative estimate of drug-likeness (QED) is 0.0408. The molecule has 20 nitrogen and oxygen atoms in total. The fourth-order valence-corrected chi connectivity index (χ4v) is 5.56. The number of benzene rings is 1. The molecule has 0 fully saturated rings. The summed E-state index contributed by atoms with van der Waals surface area (Å²) in [6.45, 7) is 3.81. The standard InChI is InChI=1S/C35H56N10O10/c1-19(2)17-27(33(52)53)45-32(51)26(18-20-11-13-21(46)14-12-20)44-31(50)23-8-4-3-7-22(36)28(47)41-24(9-5-15-39-34(37)54)29(48)43-25(30(49)42-23)10-6-16-40-35(38)55/h3-4,11-14,19,22-27,34,39,46,54H,5-10,15-18,36-37H2,1-2H3,(H,41,47)(H,42,49)(H,43,48)(H,44,50)(H,45,51)(H,52,53)(H3,38,40,55)/b4-3+/t22-,23-,24-,25-,26-,27-,34?/m0/s1. The maximum Gasteiger partial charge on any atom is 0.326 e. The van der Waals surface area contributed by atoms with Crippen molar-refractivity contribution in [2.24, 2.45) is 23.1 Å². The number of rotatable bonds is 18. The summed E-state index contributed by atoms with van der Waals surface area (Å²) in [7, 11) is 0. The Morgan fingerprint density at radius 3 is 2.02 bits per heavy atom. The van der Waals surface area contributed by atoms with Crippen molar-refractivity contribution < 1.29 is 48.9 Å². The van der Waals surface area contributed by atoms with Crippen LogP contribution >= 0.6 is 0 Å². The number of hydrogen-bond donors (Lipinski definition) is 13. The number of aliphatic hydroxyl groups is 1. The summed E-state index contributed by atoms with van der Waals surface area (Å²) in [5, 5.41) is 46.8. The van der Waals surface area contributed by atoms with Gasteiger partial charge in [0, 0.05) is 13.0 Å². The van der Waals surface area contributed by atoms with Gasteiger partial charge < -0.3 is 58.7 Å². The normalized spacial score (nSPS) is 21.7. The maximum atomic E-state index is 13.9. The average Bonchev–Trinajstić information content (AvgIpc) is 3.11. The van der Waals surface area contributed by atoms with Crippen LogP contribution < -0.4 is 54.4 Å². The number of primary amides is 1. The Morgan fingerprint density at radius 2 is 1.44 bits per heavy atom. The highest BCUT2D eigenvalue weighted by molar-refractivity contribution is 5.96. The van der Waals surface area contributed by atoms with E-state index in [-0.39, 0.29) is 76.1 Å². The minimum absolute atomic E-state index is 0.00280. The molecule has 306 valence electrons. The summed E-state index contributed by atoms with van der Waals surface area (Å²) in [6.07, 6.45) is 2.06. The predicted octanol–water partition coefficient (Wildman–Crippen LogP) is -2.78. The molecular formula is C35H56N10O10. The van der Waals surface area contributed by atoms with Crippen LogP contribution in [0.3, 0.4) is 0 Å². The number of phenols is 1. The Labute approximate surface area is 319 Å². The molecule has 20 heteroatoms. The zero-order valence-corrected chi connectivity index (χ0v) is 31.1. The molecule has 0 spiro atoms. The lowest BCUT2D eigenvalue weighted by Crippen LogP contribution is -2.59. The summed E-state index contributed by atoms with van der Waals surface area (Å²) in [6, 6.07) is -2.45. The van der Waals surface area contributed by atoms with Crippen LogP contribution in [-0.4, -0.2) is 113 Å². The number of aliphatic hydroxyl groups excluding tert-OH is 1. The molecule has 16 N–H and O–H groups in total. The lowest BCUT2D eigenvalue weighted by molar-refractivity contribution is -0.142. The van der Waals surface area contributed by atoms with E-state index in [1.807, 2.05) is 0 Å². The molecule has 1 aromatic carbocycles. The predicted molar refractivity (Wildman–Crippen MR) is 199 cm³/mol. The molecule has 1 heterocycles. The van der Waals surface area contributed by atoms with Crippen molar-refractivity contribution in [1.82, 2.24) is 37.2 Å². The van der Waals surface area contributed by atoms with E-state index in [4.69, 9.17) is 17.2 Å². The summed E-state index contributed by atoms with van der Waals surface area (Å²) in [5.74, 6) is -5.21. The Hall–Kier alpha value is -5.31. The largest absolute Gasteiger partial charge is 0.508 e. The van der Waals surface area contributed by atoms with Gasteiger partial charge in [0.15, 0.2) is 6.35 Å². The first kappa shape index (κ1) is 45.8. The molecule has 0 aliphatic carbocycles. The number of carbonyl (C=O) groups is 7. The van der Waals surface area contributed by atoms with Crippen molar-refractivity contribution in [2.45, 2.75) is 108 Å². The molecule has 7 amide bonds. The number of aliphatic carboxylic acids is 1. The molecule has 1 aromatic rings. The van der Waals surface area contributed by atoms with E-state index in [2.05, 4.69) is 37.2 Å². The Morgan fingerprint density at radius 1 is 0.855 bits per heavy atom. The van der Waals surface area contributed by atoms with E-state index in [1.54, 1.807) is 13.8 Å². The van der Waals surface area contributed by atoms with E-state index < -0.39 is 84.1 Å². The van der Waals surface area contributed by atoms with Crippen molar-refractivity contribution in [3.05, 3.63) is 42.0 Å². The van der Waals surface area contributed by atoms with E-state index in [0.29, 0.717) is 5.56 Å². The summed E-state index contributed by atoms with van der Waals surface area (Å²) in [4.78, 5) is 91.1. The Kier molecular flexibility index (Phi) is 19.6. The second-order valence-corrected chi connectivity index (χ2v) is 13.7. The smallest absolute Gasteiger partial charge is 0.326 e. The lowest BCUT2D eigenvalue weighted by atomic mass is 10.0. The molecular weight excluding hydrogens is 720 g/mol. The van der Waals surface area contributed by atoms with Crippen molar-refractivity contribution in [3.63, 3.8) is 0 Å². The summed E-state index contributed by atoms with van der Waals surface area (Å²) >= 11 is 0. The molecule has 0 bridgehead atoms. The highest BCUT2D eigenvalue weighted by Crippen LogP contribution is 2.13. The molecule has 0 saturated heterocycles. The minimum atomic E-state index is -1.34. The molecule has 0 saturated carbocycles. The fraction of sp³-hybridized carbons (Fsp3) is 0.571. The van der Waals surface area contributed by atoms with Crippen LogP contribution in [0.1, 0.15) is 64.4 Å². The minimum Gasteiger partial charge on any atom is -0.508 e. The van der Waals surface area contributed by atoms with Crippen molar-refractivity contribution in [1.29, 1.82) is 0 Å². The van der Waals surface area contributed by atoms with Gasteiger partial charge in [0.25, 0.3) is 0 Å². The second-order valence-electron chi connectivity index (χ2n) is 13.7. The van der Waals surface area contributed by atoms with Crippen LogP contribution in [0.5, 0.6) is 5.75 Å². The molecule has 0 aromatic heterocycles. The molecule has 7 atom stereocenters. The number of carboxylic acids is 1. The van der Waals surface area contributed by atoms with E-state index in [1.165, 1.54) is 36.4 Å². The Balaban J connectivity index is 2.44. The van der Waals surface area contributed by atoms with Crippen molar-refractivity contribution in [2.75, 3.05) is 13.1 Å². The van der Waals surface area contributed by atoms with Gasteiger partial charge in [0.2, 0.25) is 29.5 Å². The van der Waals surface area contributed by atoms with Crippen LogP contribution in [-0.2, 0) is 35.2 Å². The number of hydrogen-bond acceptors (Lipinski definition) is 12. The topological polar surface area (TPSA) is 342 Å². The number of nitrogens with one attached hydrogen (secondary N) is 7. The summed E-state index contributed by atoms with van der Waals surface area (Å²) < 4.78 is 0. The molecule has 2 rings (SSSR count). The van der Waals surface area contributed by atoms with Gasteiger partial charge in [-0.3, -0.25) is 35.0 Å². The first-order valence-corrected chi connectivity index (χ1v) is 18.1. The molecule has 1 aliphatic rings. The Bertz CT molecular complexity index is 1490. The third kappa shape index (κ3) is 17.6. The van der Waals surface area contributed by atoms with E-state index in [9.17, 15) is 48.9 Å². The monoisotopic (exact) mass is 776 g/mol. The van der Waals surface area contributed by atoms with Crippen LogP contribution in [0.2, 0.25) is 0 Å². The zero-order valence-electron chi connectivity index (χ0n) is 31.1. The third-order valence-electron chi connectivity index (χ3n) is 8.49. The number of urea groups is 1. The third-order valence-corrected chi connectivity index (χ3v) is 8.49. The number of aromatic hydroxyl groups is 1. The van der Waals surface area contributed by atoms with Gasteiger partial charge in [-0.15, -0.1) is 0 Å². The SMILES string of the molecule is CC(C)C[C@H](NC(=O)[C@H](Cc1ccc(O)cc1)NC(=O)[C@@H]1C/C=C/C[C@H](N)C(=O)N[C@@H](CCCNC(N)O)C(=O)N[C@@H](CCCNC(N)=O)C(=O)N1)C(=O)O. The number of nitrogens with two attached hydrogens (primary N) is 3. The second kappa shape index (κ2) is 23.5. The maximum absolute atomic E-state index is 13.9. The number of amides is 7. The van der Waals surface area contributed by atoms with Crippen LogP contribution in [0.15, 0.2) is 36.4 Å². The molecule has 1 aliphatic heterocycles. The number of carbonyl (C=O) groups excluding carboxylic acids is 6. The first-order chi connectivity index (χ1) is 26.0. The lowest BCUT2D eigenvalue weighted by Gasteiger charge is -2.27. The number of phenolic OH excluding ortho intramolecular Hbond substituents is 1. The zero-order chi connectivity index (χ0) is 41.1. The van der Waals surface area contributed by atoms with E-state index >= 15 is 0 Å². The van der Waals surface area contributed by atoms with Gasteiger partial charge in [-0.25, -0.2) is 9.59 Å². The van der Waals surface area contributed by atoms with Gasteiger partial charge in [0.1, 0.15) is 36.0 Å². The highest BCUT2D eigenvalue weighted by atomic mass is 16.4. The van der Waals surface area contributed by atoms with Gasteiger partial charge >= 0.3 is 12.0 Å².